The molecule has 1 amide bonds. The lowest BCUT2D eigenvalue weighted by Gasteiger charge is -2.39. The second-order valence-corrected chi connectivity index (χ2v) is 10.6. The molecule has 0 saturated carbocycles. The second kappa shape index (κ2) is 8.03. The van der Waals surface area contributed by atoms with Crippen LogP contribution in [-0.4, -0.2) is 48.9 Å². The molecule has 0 spiro atoms. The molecule has 5 rings (SSSR count). The molecule has 2 aromatic carbocycles. The van der Waals surface area contributed by atoms with Gasteiger partial charge in [0.25, 0.3) is 0 Å². The lowest BCUT2D eigenvalue weighted by molar-refractivity contribution is 0.0189. The van der Waals surface area contributed by atoms with Crippen molar-refractivity contribution in [1.29, 1.82) is 0 Å². The highest BCUT2D eigenvalue weighted by atomic mass is 35.5. The molecule has 3 heterocycles. The first-order valence-corrected chi connectivity index (χ1v) is 12.0. The number of benzene rings is 2. The molecule has 2 aromatic rings. The van der Waals surface area contributed by atoms with Crippen molar-refractivity contribution < 1.29 is 14.3 Å². The summed E-state index contributed by atoms with van der Waals surface area (Å²) in [5.41, 5.74) is 3.76. The van der Waals surface area contributed by atoms with Crippen LogP contribution in [0.25, 0.3) is 11.1 Å². The minimum Gasteiger partial charge on any atom is -0.491 e. The zero-order chi connectivity index (χ0) is 22.6. The number of carbonyl (C=O) groups is 1. The van der Waals surface area contributed by atoms with E-state index in [0.29, 0.717) is 35.8 Å². The summed E-state index contributed by atoms with van der Waals surface area (Å²) in [4.78, 5) is 17.2. The third-order valence-corrected chi connectivity index (χ3v) is 7.30. The number of carbonyl (C=O) groups excluding carboxylic acids is 1. The molecule has 0 unspecified atom stereocenters. The van der Waals surface area contributed by atoms with E-state index in [9.17, 15) is 4.79 Å². The number of likely N-dealkylation sites (tertiary alicyclic amines) is 1. The van der Waals surface area contributed by atoms with Gasteiger partial charge < -0.3 is 19.3 Å². The first-order valence-electron chi connectivity index (χ1n) is 11.2. The van der Waals surface area contributed by atoms with E-state index in [1.54, 1.807) is 6.07 Å². The van der Waals surface area contributed by atoms with Crippen LogP contribution in [0.3, 0.4) is 0 Å². The van der Waals surface area contributed by atoms with Gasteiger partial charge in [0, 0.05) is 37.2 Å². The van der Waals surface area contributed by atoms with E-state index in [0.717, 1.165) is 36.3 Å². The lowest BCUT2D eigenvalue weighted by atomic mass is 9.87. The number of rotatable bonds is 1. The average molecular weight is 475 g/mol. The Morgan fingerprint density at radius 3 is 2.78 bits per heavy atom. The van der Waals surface area contributed by atoms with E-state index in [2.05, 4.69) is 17.0 Å². The fourth-order valence-corrected chi connectivity index (χ4v) is 5.59. The Bertz CT molecular complexity index is 1070. The Morgan fingerprint density at radius 1 is 1.19 bits per heavy atom. The number of fused-ring (bicyclic) bond motifs is 3. The summed E-state index contributed by atoms with van der Waals surface area (Å²) in [5, 5.41) is 1.07. The van der Waals surface area contributed by atoms with Gasteiger partial charge in [-0.25, -0.2) is 4.79 Å². The van der Waals surface area contributed by atoms with Crippen LogP contribution in [0.2, 0.25) is 10.0 Å². The Kier molecular flexibility index (Phi) is 5.45. The van der Waals surface area contributed by atoms with Crippen molar-refractivity contribution in [3.8, 4) is 16.9 Å². The molecule has 2 atom stereocenters. The van der Waals surface area contributed by atoms with E-state index in [1.165, 1.54) is 11.3 Å². The van der Waals surface area contributed by atoms with Gasteiger partial charge in [0.15, 0.2) is 0 Å². The number of hydrogen-bond donors (Lipinski definition) is 0. The number of halogens is 2. The van der Waals surface area contributed by atoms with Crippen LogP contribution >= 0.6 is 23.2 Å². The van der Waals surface area contributed by atoms with Gasteiger partial charge in [0.2, 0.25) is 0 Å². The number of hydrogen-bond acceptors (Lipinski definition) is 4. The Balaban J connectivity index is 1.56. The standard InChI is InChI=1S/C25H28Cl2N2O3/c1-25(2,3)32-24(30)28-10-8-20-18(14-28)17-12-15(16-6-4-7-19(26)22(16)27)13-21-23(17)29(20)9-5-11-31-21/h4,6-7,12-13,18,20H,5,8-11,14H2,1-3H3/t18-,20-/m0/s1. The van der Waals surface area contributed by atoms with Crippen molar-refractivity contribution in [2.75, 3.05) is 31.1 Å². The predicted molar refractivity (Wildman–Crippen MR) is 128 cm³/mol. The van der Waals surface area contributed by atoms with Gasteiger partial charge in [-0.05, 0) is 62.9 Å². The van der Waals surface area contributed by atoms with Crippen molar-refractivity contribution >= 4 is 35.0 Å². The first kappa shape index (κ1) is 21.7. The monoisotopic (exact) mass is 474 g/mol. The number of amides is 1. The average Bonchev–Trinajstić information content (AvgIpc) is 2.89. The molecule has 7 heteroatoms. The largest absolute Gasteiger partial charge is 0.491 e. The van der Waals surface area contributed by atoms with E-state index in [-0.39, 0.29) is 12.0 Å². The molecule has 5 nitrogen and oxygen atoms in total. The summed E-state index contributed by atoms with van der Waals surface area (Å²) in [6.07, 6.45) is 1.64. The fraction of sp³-hybridized carbons (Fsp3) is 0.480. The van der Waals surface area contributed by atoms with E-state index < -0.39 is 5.60 Å². The summed E-state index contributed by atoms with van der Waals surface area (Å²) in [6, 6.07) is 10.3. The van der Waals surface area contributed by atoms with Crippen LogP contribution in [0, 0.1) is 0 Å². The highest BCUT2D eigenvalue weighted by molar-refractivity contribution is 6.43. The second-order valence-electron chi connectivity index (χ2n) is 9.80. The van der Waals surface area contributed by atoms with Gasteiger partial charge in [-0.15, -0.1) is 0 Å². The van der Waals surface area contributed by atoms with Crippen molar-refractivity contribution in [3.05, 3.63) is 45.9 Å². The third-order valence-electron chi connectivity index (χ3n) is 6.48. The summed E-state index contributed by atoms with van der Waals surface area (Å²) < 4.78 is 11.9. The van der Waals surface area contributed by atoms with E-state index >= 15 is 0 Å². The molecule has 0 aliphatic carbocycles. The molecule has 1 saturated heterocycles. The number of anilines is 1. The van der Waals surface area contributed by atoms with Crippen LogP contribution in [-0.2, 0) is 4.74 Å². The molecule has 170 valence electrons. The van der Waals surface area contributed by atoms with Crippen LogP contribution in [0.4, 0.5) is 10.5 Å². The Hall–Kier alpha value is -2.11. The third kappa shape index (κ3) is 3.80. The predicted octanol–water partition coefficient (Wildman–Crippen LogP) is 6.36. The highest BCUT2D eigenvalue weighted by Gasteiger charge is 2.45. The van der Waals surface area contributed by atoms with Crippen molar-refractivity contribution in [3.63, 3.8) is 0 Å². The molecular formula is C25H28Cl2N2O3. The topological polar surface area (TPSA) is 42.0 Å². The quantitative estimate of drug-likeness (QED) is 0.482. The van der Waals surface area contributed by atoms with Gasteiger partial charge in [-0.2, -0.15) is 0 Å². The Morgan fingerprint density at radius 2 is 2.00 bits per heavy atom. The summed E-state index contributed by atoms with van der Waals surface area (Å²) in [6.45, 7) is 8.70. The number of ether oxygens (including phenoxy) is 2. The zero-order valence-electron chi connectivity index (χ0n) is 18.7. The van der Waals surface area contributed by atoms with Crippen molar-refractivity contribution in [1.82, 2.24) is 4.90 Å². The number of piperidine rings is 1. The van der Waals surface area contributed by atoms with Gasteiger partial charge in [0.1, 0.15) is 11.4 Å². The van der Waals surface area contributed by atoms with Crippen LogP contribution in [0.15, 0.2) is 30.3 Å². The normalized spacial score (nSPS) is 22.0. The molecule has 0 bridgehead atoms. The molecule has 0 N–H and O–H groups in total. The molecule has 32 heavy (non-hydrogen) atoms. The molecule has 0 radical (unpaired) electrons. The summed E-state index contributed by atoms with van der Waals surface area (Å²) in [7, 11) is 0. The minimum absolute atomic E-state index is 0.199. The maximum absolute atomic E-state index is 12.8. The summed E-state index contributed by atoms with van der Waals surface area (Å²) in [5.74, 6) is 1.09. The molecule has 0 aromatic heterocycles. The minimum atomic E-state index is -0.508. The smallest absolute Gasteiger partial charge is 0.410 e. The molecule has 3 aliphatic rings. The van der Waals surface area contributed by atoms with Gasteiger partial charge in [0.05, 0.1) is 22.3 Å². The fourth-order valence-electron chi connectivity index (χ4n) is 5.18. The maximum atomic E-state index is 12.8. The zero-order valence-corrected chi connectivity index (χ0v) is 20.2. The molecule has 3 aliphatic heterocycles. The van der Waals surface area contributed by atoms with Gasteiger partial charge in [-0.3, -0.25) is 0 Å². The van der Waals surface area contributed by atoms with Crippen molar-refractivity contribution in [2.45, 2.75) is 51.2 Å². The summed E-state index contributed by atoms with van der Waals surface area (Å²) >= 11 is 12.9. The molecule has 1 fully saturated rings. The van der Waals surface area contributed by atoms with Crippen LogP contribution in [0.5, 0.6) is 5.75 Å². The van der Waals surface area contributed by atoms with Gasteiger partial charge >= 0.3 is 6.09 Å². The van der Waals surface area contributed by atoms with Crippen LogP contribution < -0.4 is 9.64 Å². The Labute approximate surface area is 199 Å². The number of nitrogens with zero attached hydrogens (tertiary/aromatic N) is 2. The van der Waals surface area contributed by atoms with Crippen molar-refractivity contribution in [2.24, 2.45) is 0 Å². The van der Waals surface area contributed by atoms with E-state index in [1.807, 2.05) is 37.8 Å². The first-order chi connectivity index (χ1) is 15.2. The van der Waals surface area contributed by atoms with Gasteiger partial charge in [-0.1, -0.05) is 35.3 Å². The maximum Gasteiger partial charge on any atom is 0.410 e. The lowest BCUT2D eigenvalue weighted by Crippen LogP contribution is -2.49. The van der Waals surface area contributed by atoms with Crippen LogP contribution in [0.1, 0.15) is 45.1 Å². The molecular weight excluding hydrogens is 447 g/mol. The highest BCUT2D eigenvalue weighted by Crippen LogP contribution is 2.52. The SMILES string of the molecule is CC(C)(C)OC(=O)N1CC[C@H]2[C@@H](C1)c1cc(-c3cccc(Cl)c3Cl)cc3c1N2CCCO3. The van der Waals surface area contributed by atoms with E-state index in [4.69, 9.17) is 32.7 Å².